The van der Waals surface area contributed by atoms with Crippen LogP contribution in [0, 0.1) is 5.82 Å². The Kier molecular flexibility index (Phi) is 4.11. The summed E-state index contributed by atoms with van der Waals surface area (Å²) >= 11 is 6.31. The third kappa shape index (κ3) is 2.73. The molecule has 0 unspecified atom stereocenters. The molecule has 26 heavy (non-hydrogen) atoms. The summed E-state index contributed by atoms with van der Waals surface area (Å²) in [5, 5.41) is 4.94. The van der Waals surface area contributed by atoms with Crippen molar-refractivity contribution in [3.05, 3.63) is 46.5 Å². The standard InChI is InChI=1S/C17H16ClFN4O2S/c1-23-17(10-5-2-3-8-13(10)21-23)26(24,25)22-14-9-20-16-11(15(14)18)6-4-7-12(16)19/h4,6-7,9,22H,2-3,5,8H2,1H3. The van der Waals surface area contributed by atoms with Crippen LogP contribution in [0.2, 0.25) is 5.02 Å². The maximum Gasteiger partial charge on any atom is 0.279 e. The Morgan fingerprint density at radius 2 is 2.04 bits per heavy atom. The zero-order chi connectivity index (χ0) is 18.5. The van der Waals surface area contributed by atoms with Gasteiger partial charge in [-0.2, -0.15) is 13.5 Å². The predicted molar refractivity (Wildman–Crippen MR) is 97.4 cm³/mol. The summed E-state index contributed by atoms with van der Waals surface area (Å²) in [5.74, 6) is -0.514. The fraction of sp³-hybridized carbons (Fsp3) is 0.294. The monoisotopic (exact) mass is 394 g/mol. The molecule has 0 saturated heterocycles. The zero-order valence-corrected chi connectivity index (χ0v) is 15.5. The molecule has 0 atom stereocenters. The Hall–Kier alpha value is -2.19. The number of rotatable bonds is 3. The van der Waals surface area contributed by atoms with E-state index in [0.717, 1.165) is 30.5 Å². The van der Waals surface area contributed by atoms with Crippen LogP contribution in [0.1, 0.15) is 24.1 Å². The molecule has 0 amide bonds. The van der Waals surface area contributed by atoms with Crippen LogP contribution in [0.4, 0.5) is 10.1 Å². The van der Waals surface area contributed by atoms with Crippen molar-refractivity contribution in [2.75, 3.05) is 4.72 Å². The summed E-state index contributed by atoms with van der Waals surface area (Å²) < 4.78 is 43.7. The van der Waals surface area contributed by atoms with E-state index in [1.807, 2.05) is 0 Å². The lowest BCUT2D eigenvalue weighted by Gasteiger charge is -2.14. The molecule has 1 N–H and O–H groups in total. The van der Waals surface area contributed by atoms with Crippen molar-refractivity contribution in [1.82, 2.24) is 14.8 Å². The van der Waals surface area contributed by atoms with Crippen LogP contribution in [0.5, 0.6) is 0 Å². The van der Waals surface area contributed by atoms with Gasteiger partial charge in [0.05, 0.1) is 22.6 Å². The minimum absolute atomic E-state index is 0.0957. The SMILES string of the molecule is Cn1nc2c(c1S(=O)(=O)Nc1cnc3c(F)cccc3c1Cl)CCCC2. The summed E-state index contributed by atoms with van der Waals surface area (Å²) in [4.78, 5) is 4.01. The average molecular weight is 395 g/mol. The smallest absolute Gasteiger partial charge is 0.275 e. The third-order valence-corrected chi connectivity index (χ3v) is 6.46. The van der Waals surface area contributed by atoms with Crippen LogP contribution >= 0.6 is 11.6 Å². The lowest BCUT2D eigenvalue weighted by Crippen LogP contribution is -2.19. The van der Waals surface area contributed by atoms with Crippen LogP contribution in [0.3, 0.4) is 0 Å². The lowest BCUT2D eigenvalue weighted by atomic mass is 9.99. The van der Waals surface area contributed by atoms with Crippen molar-refractivity contribution >= 4 is 38.2 Å². The van der Waals surface area contributed by atoms with Gasteiger partial charge in [0.25, 0.3) is 10.0 Å². The van der Waals surface area contributed by atoms with Gasteiger partial charge in [-0.1, -0.05) is 23.7 Å². The van der Waals surface area contributed by atoms with Crippen molar-refractivity contribution in [3.63, 3.8) is 0 Å². The molecule has 0 radical (unpaired) electrons. The van der Waals surface area contributed by atoms with Gasteiger partial charge in [0.2, 0.25) is 0 Å². The molecule has 0 saturated carbocycles. The van der Waals surface area contributed by atoms with Crippen LogP contribution < -0.4 is 4.72 Å². The highest BCUT2D eigenvalue weighted by Gasteiger charge is 2.29. The summed E-state index contributed by atoms with van der Waals surface area (Å²) in [5.41, 5.74) is 1.78. The third-order valence-electron chi connectivity index (χ3n) is 4.54. The highest BCUT2D eigenvalue weighted by atomic mass is 35.5. The second-order valence-electron chi connectivity index (χ2n) is 6.29. The van der Waals surface area contributed by atoms with Crippen molar-refractivity contribution < 1.29 is 12.8 Å². The molecule has 1 aromatic carbocycles. The number of aromatic nitrogens is 3. The number of para-hydroxylation sites is 1. The van der Waals surface area contributed by atoms with E-state index >= 15 is 0 Å². The molecule has 0 fully saturated rings. The first-order chi connectivity index (χ1) is 12.4. The van der Waals surface area contributed by atoms with Crippen molar-refractivity contribution in [2.45, 2.75) is 30.7 Å². The molecule has 1 aliphatic rings. The van der Waals surface area contributed by atoms with Crippen molar-refractivity contribution in [3.8, 4) is 0 Å². The van der Waals surface area contributed by atoms with E-state index in [0.29, 0.717) is 11.8 Å². The highest BCUT2D eigenvalue weighted by molar-refractivity contribution is 7.92. The van der Waals surface area contributed by atoms with Crippen molar-refractivity contribution in [2.24, 2.45) is 7.05 Å². The molecule has 2 aromatic heterocycles. The van der Waals surface area contributed by atoms with Gasteiger partial charge in [-0.15, -0.1) is 0 Å². The molecule has 0 aliphatic heterocycles. The summed E-state index contributed by atoms with van der Waals surface area (Å²) in [6.07, 6.45) is 4.61. The van der Waals surface area contributed by atoms with Gasteiger partial charge >= 0.3 is 0 Å². The van der Waals surface area contributed by atoms with Crippen LogP contribution in [-0.2, 0) is 29.9 Å². The molecular formula is C17H16ClFN4O2S. The summed E-state index contributed by atoms with van der Waals surface area (Å²) in [6, 6.07) is 4.37. The Balaban J connectivity index is 1.79. The number of hydrogen-bond acceptors (Lipinski definition) is 4. The van der Waals surface area contributed by atoms with E-state index in [1.165, 1.54) is 23.0 Å². The second kappa shape index (κ2) is 6.21. The Bertz CT molecular complexity index is 1130. The number of hydrogen-bond donors (Lipinski definition) is 1. The Morgan fingerprint density at radius 1 is 1.27 bits per heavy atom. The summed E-state index contributed by atoms with van der Waals surface area (Å²) in [7, 11) is -2.30. The molecule has 3 aromatic rings. The molecule has 2 heterocycles. The molecule has 136 valence electrons. The minimum Gasteiger partial charge on any atom is -0.275 e. The topological polar surface area (TPSA) is 76.9 Å². The molecular weight excluding hydrogens is 379 g/mol. The van der Waals surface area contributed by atoms with Gasteiger partial charge in [0, 0.05) is 18.0 Å². The van der Waals surface area contributed by atoms with Gasteiger partial charge in [-0.3, -0.25) is 14.4 Å². The maximum atomic E-state index is 13.8. The van der Waals surface area contributed by atoms with Gasteiger partial charge in [0.15, 0.2) is 5.03 Å². The van der Waals surface area contributed by atoms with Crippen LogP contribution in [-0.4, -0.2) is 23.2 Å². The number of sulfonamides is 1. The quantitative estimate of drug-likeness (QED) is 0.738. The van der Waals surface area contributed by atoms with E-state index in [9.17, 15) is 12.8 Å². The number of fused-ring (bicyclic) bond motifs is 2. The fourth-order valence-corrected chi connectivity index (χ4v) is 5.19. The number of halogens is 2. The van der Waals surface area contributed by atoms with Crippen LogP contribution in [0.25, 0.3) is 10.9 Å². The van der Waals surface area contributed by atoms with Gasteiger partial charge in [0.1, 0.15) is 11.3 Å². The molecule has 1 aliphatic carbocycles. The largest absolute Gasteiger partial charge is 0.279 e. The average Bonchev–Trinajstić information content (AvgIpc) is 2.94. The van der Waals surface area contributed by atoms with Gasteiger partial charge in [-0.05, 0) is 31.7 Å². The van der Waals surface area contributed by atoms with E-state index in [4.69, 9.17) is 11.6 Å². The van der Waals surface area contributed by atoms with E-state index in [1.54, 1.807) is 13.1 Å². The number of anilines is 1. The predicted octanol–water partition coefficient (Wildman–Crippen LogP) is 3.44. The van der Waals surface area contributed by atoms with E-state index < -0.39 is 15.8 Å². The first-order valence-corrected chi connectivity index (χ1v) is 10.0. The lowest BCUT2D eigenvalue weighted by molar-refractivity contribution is 0.579. The second-order valence-corrected chi connectivity index (χ2v) is 8.26. The van der Waals surface area contributed by atoms with Crippen LogP contribution in [0.15, 0.2) is 29.4 Å². The molecule has 6 nitrogen and oxygen atoms in total. The Labute approximate surface area is 155 Å². The van der Waals surface area contributed by atoms with E-state index in [2.05, 4.69) is 14.8 Å². The molecule has 0 spiro atoms. The van der Waals surface area contributed by atoms with E-state index in [-0.39, 0.29) is 21.3 Å². The molecule has 4 rings (SSSR count). The number of aryl methyl sites for hydroxylation is 2. The van der Waals surface area contributed by atoms with Crippen molar-refractivity contribution in [1.29, 1.82) is 0 Å². The number of nitrogens with zero attached hydrogens (tertiary/aromatic N) is 3. The normalized spacial score (nSPS) is 14.4. The summed E-state index contributed by atoms with van der Waals surface area (Å²) in [6.45, 7) is 0. The first kappa shape index (κ1) is 17.2. The molecule has 9 heteroatoms. The minimum atomic E-state index is -3.91. The van der Waals surface area contributed by atoms with Gasteiger partial charge in [-0.25, -0.2) is 4.39 Å². The number of nitrogens with one attached hydrogen (secondary N) is 1. The number of pyridine rings is 1. The molecule has 0 bridgehead atoms. The number of benzene rings is 1. The maximum absolute atomic E-state index is 13.8. The first-order valence-electron chi connectivity index (χ1n) is 8.19. The zero-order valence-electron chi connectivity index (χ0n) is 14.0. The van der Waals surface area contributed by atoms with Gasteiger partial charge < -0.3 is 0 Å². The Morgan fingerprint density at radius 3 is 2.85 bits per heavy atom. The fourth-order valence-electron chi connectivity index (χ4n) is 3.41. The highest BCUT2D eigenvalue weighted by Crippen LogP contribution is 2.33.